The van der Waals surface area contributed by atoms with E-state index in [1.54, 1.807) is 30.3 Å². The summed E-state index contributed by atoms with van der Waals surface area (Å²) in [5, 5.41) is 0.203. The molecule has 0 N–H and O–H groups in total. The van der Waals surface area contributed by atoms with Gasteiger partial charge in [-0.2, -0.15) is 0 Å². The molecular formula is C22H22ClNO4S. The van der Waals surface area contributed by atoms with Crippen molar-refractivity contribution in [1.82, 2.24) is 0 Å². The molecule has 2 amide bonds. The largest absolute Gasteiger partial charge is 0.490 e. The predicted molar refractivity (Wildman–Crippen MR) is 118 cm³/mol. The fourth-order valence-corrected chi connectivity index (χ4v) is 3.73. The molecule has 152 valence electrons. The van der Waals surface area contributed by atoms with E-state index in [0.717, 1.165) is 35.1 Å². The van der Waals surface area contributed by atoms with Gasteiger partial charge in [-0.05, 0) is 73.1 Å². The van der Waals surface area contributed by atoms with Crippen LogP contribution < -0.4 is 14.4 Å². The lowest BCUT2D eigenvalue weighted by molar-refractivity contribution is -0.113. The lowest BCUT2D eigenvalue weighted by Gasteiger charge is -2.13. The van der Waals surface area contributed by atoms with Crippen LogP contribution in [-0.2, 0) is 4.79 Å². The molecule has 2 aromatic rings. The second kappa shape index (κ2) is 9.85. The van der Waals surface area contributed by atoms with Crippen LogP contribution in [0.4, 0.5) is 10.5 Å². The Labute approximate surface area is 179 Å². The highest BCUT2D eigenvalue weighted by molar-refractivity contribution is 8.19. The van der Waals surface area contributed by atoms with Crippen molar-refractivity contribution in [2.24, 2.45) is 0 Å². The highest BCUT2D eigenvalue weighted by Gasteiger charge is 2.36. The van der Waals surface area contributed by atoms with Crippen LogP contribution >= 0.6 is 23.4 Å². The molecule has 1 heterocycles. The zero-order valence-electron chi connectivity index (χ0n) is 16.3. The molecule has 1 aliphatic heterocycles. The third kappa shape index (κ3) is 5.14. The average molecular weight is 432 g/mol. The fourth-order valence-electron chi connectivity index (χ4n) is 2.76. The summed E-state index contributed by atoms with van der Waals surface area (Å²) in [6.07, 6.45) is 3.70. The van der Waals surface area contributed by atoms with Crippen LogP contribution in [-0.4, -0.2) is 24.4 Å². The smallest absolute Gasteiger partial charge is 0.298 e. The van der Waals surface area contributed by atoms with Gasteiger partial charge < -0.3 is 9.47 Å². The number of benzene rings is 2. The maximum atomic E-state index is 12.8. The number of hydrogen-bond donors (Lipinski definition) is 0. The molecule has 1 aliphatic rings. The number of anilines is 1. The van der Waals surface area contributed by atoms with E-state index in [4.69, 9.17) is 21.1 Å². The quantitative estimate of drug-likeness (QED) is 0.370. The molecule has 0 radical (unpaired) electrons. The third-order valence-electron chi connectivity index (χ3n) is 4.20. The van der Waals surface area contributed by atoms with Crippen molar-refractivity contribution in [2.45, 2.75) is 26.7 Å². The van der Waals surface area contributed by atoms with Crippen LogP contribution in [0.1, 0.15) is 32.3 Å². The second-order valence-electron chi connectivity index (χ2n) is 6.33. The van der Waals surface area contributed by atoms with Crippen molar-refractivity contribution >= 4 is 46.3 Å². The molecule has 1 saturated heterocycles. The van der Waals surface area contributed by atoms with Gasteiger partial charge in [0.15, 0.2) is 11.5 Å². The molecule has 0 bridgehead atoms. The summed E-state index contributed by atoms with van der Waals surface area (Å²) in [5.74, 6) is 0.935. The third-order valence-corrected chi connectivity index (χ3v) is 5.32. The number of carbonyl (C=O) groups is 2. The van der Waals surface area contributed by atoms with Crippen molar-refractivity contribution in [1.29, 1.82) is 0 Å². The number of amides is 2. The summed E-state index contributed by atoms with van der Waals surface area (Å²) in [7, 11) is 0. The summed E-state index contributed by atoms with van der Waals surface area (Å²) in [6, 6.07) is 12.1. The molecule has 29 heavy (non-hydrogen) atoms. The van der Waals surface area contributed by atoms with Crippen LogP contribution in [0, 0.1) is 0 Å². The van der Waals surface area contributed by atoms with Crippen molar-refractivity contribution in [2.75, 3.05) is 18.1 Å². The first-order valence-corrected chi connectivity index (χ1v) is 10.7. The molecule has 1 fully saturated rings. The molecule has 0 unspecified atom stereocenters. The predicted octanol–water partition coefficient (Wildman–Crippen LogP) is 6.16. The fraction of sp³-hybridized carbons (Fsp3) is 0.273. The Bertz CT molecular complexity index is 927. The van der Waals surface area contributed by atoms with Crippen molar-refractivity contribution in [3.05, 3.63) is 58.0 Å². The molecule has 0 aromatic heterocycles. The topological polar surface area (TPSA) is 55.8 Å². The Morgan fingerprint density at radius 3 is 2.48 bits per heavy atom. The molecule has 0 spiro atoms. The standard InChI is InChI=1S/C22H22ClNO4S/c1-3-5-12-28-18-11-6-15(13-19(18)27-4-2)14-20-21(25)24(22(26)29-20)17-9-7-16(23)8-10-17/h6-11,13-14H,3-5,12H2,1-2H3/b20-14+. The second-order valence-corrected chi connectivity index (χ2v) is 7.76. The number of imide groups is 1. The molecule has 0 aliphatic carbocycles. The zero-order valence-corrected chi connectivity index (χ0v) is 17.9. The minimum atomic E-state index is -0.358. The van der Waals surface area contributed by atoms with Gasteiger partial charge in [-0.25, -0.2) is 4.90 Å². The molecule has 2 aromatic carbocycles. The van der Waals surface area contributed by atoms with Gasteiger partial charge in [0.1, 0.15) is 0 Å². The first-order valence-electron chi connectivity index (χ1n) is 9.46. The Morgan fingerprint density at radius 2 is 1.79 bits per heavy atom. The van der Waals surface area contributed by atoms with E-state index in [-0.39, 0.29) is 11.1 Å². The van der Waals surface area contributed by atoms with E-state index in [1.807, 2.05) is 25.1 Å². The highest BCUT2D eigenvalue weighted by Crippen LogP contribution is 2.37. The van der Waals surface area contributed by atoms with Crippen LogP contribution in [0.3, 0.4) is 0 Å². The monoisotopic (exact) mass is 431 g/mol. The minimum absolute atomic E-state index is 0.340. The molecule has 5 nitrogen and oxygen atoms in total. The van der Waals surface area contributed by atoms with Gasteiger partial charge in [0, 0.05) is 5.02 Å². The zero-order chi connectivity index (χ0) is 20.8. The SMILES string of the molecule is CCCCOc1ccc(/C=C2/SC(=O)N(c3ccc(Cl)cc3)C2=O)cc1OCC. The highest BCUT2D eigenvalue weighted by atomic mass is 35.5. The number of ether oxygens (including phenoxy) is 2. The summed E-state index contributed by atoms with van der Waals surface area (Å²) in [5.41, 5.74) is 1.26. The number of rotatable bonds is 8. The number of halogens is 1. The Kier molecular flexibility index (Phi) is 7.23. The number of hydrogen-bond acceptors (Lipinski definition) is 5. The van der Waals surface area contributed by atoms with E-state index in [1.165, 1.54) is 0 Å². The number of carbonyl (C=O) groups excluding carboxylic acids is 2. The minimum Gasteiger partial charge on any atom is -0.490 e. The van der Waals surface area contributed by atoms with Gasteiger partial charge in [-0.3, -0.25) is 9.59 Å². The Morgan fingerprint density at radius 1 is 1.03 bits per heavy atom. The number of nitrogens with zero attached hydrogens (tertiary/aromatic N) is 1. The van der Waals surface area contributed by atoms with Gasteiger partial charge in [-0.1, -0.05) is 31.0 Å². The van der Waals surface area contributed by atoms with Crippen LogP contribution in [0.15, 0.2) is 47.4 Å². The first kappa shape index (κ1) is 21.3. The lowest BCUT2D eigenvalue weighted by Crippen LogP contribution is -2.27. The molecule has 0 saturated carbocycles. The van der Waals surface area contributed by atoms with Gasteiger partial charge in [0.25, 0.3) is 11.1 Å². The summed E-state index contributed by atoms with van der Waals surface area (Å²) in [4.78, 5) is 26.7. The van der Waals surface area contributed by atoms with Crippen LogP contribution in [0.2, 0.25) is 5.02 Å². The van der Waals surface area contributed by atoms with E-state index in [9.17, 15) is 9.59 Å². The summed E-state index contributed by atoms with van der Waals surface area (Å²) >= 11 is 6.80. The van der Waals surface area contributed by atoms with Crippen LogP contribution in [0.5, 0.6) is 11.5 Å². The van der Waals surface area contributed by atoms with E-state index in [0.29, 0.717) is 40.3 Å². The number of unbranched alkanes of at least 4 members (excludes halogenated alkanes) is 1. The van der Waals surface area contributed by atoms with E-state index >= 15 is 0 Å². The number of thioether (sulfide) groups is 1. The van der Waals surface area contributed by atoms with Crippen molar-refractivity contribution in [3.63, 3.8) is 0 Å². The normalized spacial score (nSPS) is 15.3. The Hall–Kier alpha value is -2.44. The van der Waals surface area contributed by atoms with E-state index in [2.05, 4.69) is 6.92 Å². The van der Waals surface area contributed by atoms with Gasteiger partial charge in [-0.15, -0.1) is 0 Å². The van der Waals surface area contributed by atoms with Crippen LogP contribution in [0.25, 0.3) is 6.08 Å². The van der Waals surface area contributed by atoms with E-state index < -0.39 is 0 Å². The molecular weight excluding hydrogens is 410 g/mol. The summed E-state index contributed by atoms with van der Waals surface area (Å²) in [6.45, 7) is 5.13. The molecule has 7 heteroatoms. The Balaban J connectivity index is 1.83. The van der Waals surface area contributed by atoms with Gasteiger partial charge in [0.2, 0.25) is 0 Å². The first-order chi connectivity index (χ1) is 14.0. The average Bonchev–Trinajstić information content (AvgIpc) is 2.98. The van der Waals surface area contributed by atoms with Gasteiger partial charge in [0.05, 0.1) is 23.8 Å². The van der Waals surface area contributed by atoms with Crippen molar-refractivity contribution in [3.8, 4) is 11.5 Å². The lowest BCUT2D eigenvalue weighted by atomic mass is 10.1. The maximum Gasteiger partial charge on any atom is 0.298 e. The molecule has 0 atom stereocenters. The molecule has 3 rings (SSSR count). The van der Waals surface area contributed by atoms with Gasteiger partial charge >= 0.3 is 0 Å². The summed E-state index contributed by atoms with van der Waals surface area (Å²) < 4.78 is 11.5. The maximum absolute atomic E-state index is 12.8. The van der Waals surface area contributed by atoms with Crippen molar-refractivity contribution < 1.29 is 19.1 Å².